The molecule has 2 aliphatic heterocycles. The van der Waals surface area contributed by atoms with Gasteiger partial charge >= 0.3 is 0 Å². The Labute approximate surface area is 165 Å². The molecule has 2 aliphatic rings. The topological polar surface area (TPSA) is 35.6 Å². The van der Waals surface area contributed by atoms with Gasteiger partial charge in [0, 0.05) is 55.4 Å². The van der Waals surface area contributed by atoms with E-state index in [2.05, 4.69) is 33.8 Å². The Morgan fingerprint density at radius 2 is 1.92 bits per heavy atom. The molecule has 3 heterocycles. The number of carbonyl (C=O) groups is 1. The van der Waals surface area contributed by atoms with Crippen molar-refractivity contribution in [1.29, 1.82) is 0 Å². The van der Waals surface area contributed by atoms with E-state index >= 15 is 0 Å². The van der Waals surface area contributed by atoms with Crippen LogP contribution < -0.4 is 5.32 Å². The average molecular weight is 400 g/mol. The number of thiophene rings is 1. The first-order valence-electron chi connectivity index (χ1n) is 8.20. The molecule has 1 amide bonds. The van der Waals surface area contributed by atoms with Crippen LogP contribution in [-0.2, 0) is 13.0 Å². The first-order valence-corrected chi connectivity index (χ1v) is 9.08. The summed E-state index contributed by atoms with van der Waals surface area (Å²) in [7, 11) is 0. The number of hydrogen-bond acceptors (Lipinski definition) is 4. The van der Waals surface area contributed by atoms with Crippen molar-refractivity contribution in [3.63, 3.8) is 0 Å². The number of benzene rings is 1. The standard InChI is InChI=1S/C18H21N3OS.2ClH/c22-18(15-3-4-17-14(12-15)5-6-19-17)21-9-7-20(8-10-21)13-16-2-1-11-23-16;;/h1-4,11-12,19H,5-10,13H2;2*1H. The van der Waals surface area contributed by atoms with E-state index < -0.39 is 0 Å². The Bertz CT molecular complexity index is 700. The Morgan fingerprint density at radius 3 is 2.64 bits per heavy atom. The van der Waals surface area contributed by atoms with Crippen molar-refractivity contribution in [2.75, 3.05) is 38.0 Å². The second-order valence-electron chi connectivity index (χ2n) is 6.20. The highest BCUT2D eigenvalue weighted by Crippen LogP contribution is 2.24. The van der Waals surface area contributed by atoms with Gasteiger partial charge < -0.3 is 10.2 Å². The molecular weight excluding hydrogens is 377 g/mol. The summed E-state index contributed by atoms with van der Waals surface area (Å²) in [5, 5.41) is 5.46. The Balaban J connectivity index is 0.00000113. The van der Waals surface area contributed by atoms with Crippen molar-refractivity contribution < 1.29 is 4.79 Å². The van der Waals surface area contributed by atoms with Crippen LogP contribution in [0.2, 0.25) is 0 Å². The van der Waals surface area contributed by atoms with Gasteiger partial charge in [0.2, 0.25) is 0 Å². The minimum atomic E-state index is 0. The lowest BCUT2D eigenvalue weighted by Crippen LogP contribution is -2.48. The molecule has 1 aromatic carbocycles. The first-order chi connectivity index (χ1) is 11.3. The lowest BCUT2D eigenvalue weighted by molar-refractivity contribution is 0.0629. The second-order valence-corrected chi connectivity index (χ2v) is 7.23. The van der Waals surface area contributed by atoms with E-state index in [0.717, 1.165) is 51.3 Å². The molecule has 1 N–H and O–H groups in total. The maximum atomic E-state index is 12.7. The Morgan fingerprint density at radius 1 is 1.12 bits per heavy atom. The number of nitrogens with one attached hydrogen (secondary N) is 1. The number of hydrogen-bond donors (Lipinski definition) is 1. The Kier molecular flexibility index (Phi) is 7.14. The molecule has 0 bridgehead atoms. The third kappa shape index (κ3) is 4.47. The molecule has 25 heavy (non-hydrogen) atoms. The summed E-state index contributed by atoms with van der Waals surface area (Å²) in [4.78, 5) is 18.5. The van der Waals surface area contributed by atoms with Crippen LogP contribution in [0.1, 0.15) is 20.8 Å². The van der Waals surface area contributed by atoms with Gasteiger partial charge in [-0.05, 0) is 41.6 Å². The quantitative estimate of drug-likeness (QED) is 0.857. The smallest absolute Gasteiger partial charge is 0.253 e. The van der Waals surface area contributed by atoms with E-state index in [-0.39, 0.29) is 30.7 Å². The highest BCUT2D eigenvalue weighted by molar-refractivity contribution is 7.09. The summed E-state index contributed by atoms with van der Waals surface area (Å²) in [5.41, 5.74) is 3.29. The predicted molar refractivity (Wildman–Crippen MR) is 109 cm³/mol. The van der Waals surface area contributed by atoms with Crippen LogP contribution in [0.15, 0.2) is 35.7 Å². The molecule has 0 aliphatic carbocycles. The maximum Gasteiger partial charge on any atom is 0.253 e. The van der Waals surface area contributed by atoms with Crippen LogP contribution in [0, 0.1) is 0 Å². The van der Waals surface area contributed by atoms with Crippen LogP contribution in [-0.4, -0.2) is 48.4 Å². The summed E-state index contributed by atoms with van der Waals surface area (Å²) >= 11 is 1.80. The van der Waals surface area contributed by atoms with Gasteiger partial charge in [-0.15, -0.1) is 36.2 Å². The van der Waals surface area contributed by atoms with E-state index in [4.69, 9.17) is 0 Å². The van der Waals surface area contributed by atoms with Gasteiger partial charge in [-0.2, -0.15) is 0 Å². The number of halogens is 2. The van der Waals surface area contributed by atoms with E-state index in [1.165, 1.54) is 16.1 Å². The highest BCUT2D eigenvalue weighted by atomic mass is 35.5. The molecule has 136 valence electrons. The largest absolute Gasteiger partial charge is 0.384 e. The third-order valence-corrected chi connectivity index (χ3v) is 5.54. The summed E-state index contributed by atoms with van der Waals surface area (Å²) < 4.78 is 0. The molecular formula is C18H23Cl2N3OS. The fourth-order valence-electron chi connectivity index (χ4n) is 3.35. The monoisotopic (exact) mass is 399 g/mol. The highest BCUT2D eigenvalue weighted by Gasteiger charge is 2.23. The summed E-state index contributed by atoms with van der Waals surface area (Å²) in [5.74, 6) is 0.176. The van der Waals surface area contributed by atoms with Gasteiger partial charge in [0.05, 0.1) is 0 Å². The van der Waals surface area contributed by atoms with E-state index in [0.29, 0.717) is 0 Å². The first kappa shape index (κ1) is 20.0. The molecule has 0 radical (unpaired) electrons. The number of amides is 1. The number of carbonyl (C=O) groups excluding carboxylic acids is 1. The zero-order chi connectivity index (χ0) is 15.6. The van der Waals surface area contributed by atoms with E-state index in [1.54, 1.807) is 11.3 Å². The number of fused-ring (bicyclic) bond motifs is 1. The zero-order valence-electron chi connectivity index (χ0n) is 13.9. The van der Waals surface area contributed by atoms with Crippen LogP contribution in [0.3, 0.4) is 0 Å². The van der Waals surface area contributed by atoms with Crippen molar-refractivity contribution >= 4 is 47.7 Å². The van der Waals surface area contributed by atoms with Gasteiger partial charge in [0.1, 0.15) is 0 Å². The molecule has 7 heteroatoms. The minimum Gasteiger partial charge on any atom is -0.384 e. The fourth-order valence-corrected chi connectivity index (χ4v) is 4.10. The molecule has 2 aromatic rings. The van der Waals surface area contributed by atoms with Crippen molar-refractivity contribution in [3.05, 3.63) is 51.7 Å². The molecule has 1 aromatic heterocycles. The normalized spacial score (nSPS) is 16.4. The van der Waals surface area contributed by atoms with Crippen molar-refractivity contribution in [3.8, 4) is 0 Å². The predicted octanol–water partition coefficient (Wildman–Crippen LogP) is 3.52. The lowest BCUT2D eigenvalue weighted by atomic mass is 10.1. The fraction of sp³-hybridized carbons (Fsp3) is 0.389. The molecule has 0 atom stereocenters. The van der Waals surface area contributed by atoms with Crippen LogP contribution >= 0.6 is 36.2 Å². The molecule has 0 saturated carbocycles. The second kappa shape index (κ2) is 8.90. The van der Waals surface area contributed by atoms with Crippen LogP contribution in [0.5, 0.6) is 0 Å². The number of nitrogens with zero attached hydrogens (tertiary/aromatic N) is 2. The zero-order valence-corrected chi connectivity index (χ0v) is 16.4. The minimum absolute atomic E-state index is 0. The van der Waals surface area contributed by atoms with E-state index in [1.807, 2.05) is 17.0 Å². The molecule has 4 rings (SSSR count). The van der Waals surface area contributed by atoms with Crippen LogP contribution in [0.4, 0.5) is 5.69 Å². The summed E-state index contributed by atoms with van der Waals surface area (Å²) in [6.45, 7) is 5.53. The van der Waals surface area contributed by atoms with Crippen molar-refractivity contribution in [2.45, 2.75) is 13.0 Å². The van der Waals surface area contributed by atoms with E-state index in [9.17, 15) is 4.79 Å². The number of rotatable bonds is 3. The third-order valence-electron chi connectivity index (χ3n) is 4.68. The van der Waals surface area contributed by atoms with Gasteiger partial charge in [0.25, 0.3) is 5.91 Å². The van der Waals surface area contributed by atoms with Crippen LogP contribution in [0.25, 0.3) is 0 Å². The number of anilines is 1. The molecule has 1 fully saturated rings. The lowest BCUT2D eigenvalue weighted by Gasteiger charge is -2.34. The summed E-state index contributed by atoms with van der Waals surface area (Å²) in [6, 6.07) is 10.3. The van der Waals surface area contributed by atoms with Gasteiger partial charge in [0.15, 0.2) is 0 Å². The van der Waals surface area contributed by atoms with Crippen molar-refractivity contribution in [2.24, 2.45) is 0 Å². The number of piperazine rings is 1. The maximum absolute atomic E-state index is 12.7. The molecule has 1 saturated heterocycles. The molecule has 0 unspecified atom stereocenters. The summed E-state index contributed by atoms with van der Waals surface area (Å²) in [6.07, 6.45) is 1.02. The van der Waals surface area contributed by atoms with Gasteiger partial charge in [-0.1, -0.05) is 6.07 Å². The Hall–Kier alpha value is -1.27. The average Bonchev–Trinajstić information content (AvgIpc) is 3.25. The SMILES string of the molecule is Cl.Cl.O=C(c1ccc2c(c1)CCN2)N1CCN(Cc2cccs2)CC1. The van der Waals surface area contributed by atoms with Gasteiger partial charge in [-0.3, -0.25) is 9.69 Å². The van der Waals surface area contributed by atoms with Crippen molar-refractivity contribution in [1.82, 2.24) is 9.80 Å². The van der Waals surface area contributed by atoms with Gasteiger partial charge in [-0.25, -0.2) is 0 Å². The molecule has 4 nitrogen and oxygen atoms in total. The molecule has 0 spiro atoms.